The molecule has 0 aliphatic rings. The lowest BCUT2D eigenvalue weighted by Gasteiger charge is -2.14. The molecule has 2 N–H and O–H groups in total. The fourth-order valence-electron chi connectivity index (χ4n) is 3.20. The maximum Gasteiger partial charge on any atom is 0.341 e. The molecule has 0 unspecified atom stereocenters. The van der Waals surface area contributed by atoms with Gasteiger partial charge in [0, 0.05) is 16.6 Å². The van der Waals surface area contributed by atoms with Crippen LogP contribution in [0, 0.1) is 13.8 Å². The highest BCUT2D eigenvalue weighted by Gasteiger charge is 2.23. The summed E-state index contributed by atoms with van der Waals surface area (Å²) in [6.07, 6.45) is 0. The van der Waals surface area contributed by atoms with E-state index >= 15 is 0 Å². The summed E-state index contributed by atoms with van der Waals surface area (Å²) in [4.78, 5) is 12.9. The molecule has 0 radical (unpaired) electrons. The van der Waals surface area contributed by atoms with Crippen LogP contribution in [-0.2, 0) is 4.74 Å². The van der Waals surface area contributed by atoms with Crippen molar-refractivity contribution < 1.29 is 19.0 Å². The molecule has 0 saturated heterocycles. The first-order chi connectivity index (χ1) is 15.4. The van der Waals surface area contributed by atoms with Crippen LogP contribution >= 0.6 is 23.6 Å². The van der Waals surface area contributed by atoms with Gasteiger partial charge in [0.05, 0.1) is 20.8 Å². The Kier molecular flexibility index (Phi) is 7.71. The number of rotatable bonds is 7. The molecule has 8 heteroatoms. The van der Waals surface area contributed by atoms with Crippen molar-refractivity contribution in [2.45, 2.75) is 20.8 Å². The maximum atomic E-state index is 12.9. The van der Waals surface area contributed by atoms with Crippen molar-refractivity contribution in [2.24, 2.45) is 0 Å². The predicted octanol–water partition coefficient (Wildman–Crippen LogP) is 6.03. The number of carbonyl (C=O) groups excluding carboxylic acids is 1. The van der Waals surface area contributed by atoms with Gasteiger partial charge in [-0.05, 0) is 67.9 Å². The van der Waals surface area contributed by atoms with Crippen molar-refractivity contribution >= 4 is 45.3 Å². The summed E-state index contributed by atoms with van der Waals surface area (Å²) in [5.41, 5.74) is 5.07. The van der Waals surface area contributed by atoms with E-state index in [1.54, 1.807) is 27.2 Å². The first-order valence-corrected chi connectivity index (χ1v) is 11.3. The monoisotopic (exact) mass is 470 g/mol. The molecule has 0 bridgehead atoms. The lowest BCUT2D eigenvalue weighted by Crippen LogP contribution is -2.20. The first-order valence-electron chi connectivity index (χ1n) is 10.0. The van der Waals surface area contributed by atoms with E-state index in [2.05, 4.69) is 10.6 Å². The molecule has 32 heavy (non-hydrogen) atoms. The Bertz CT molecular complexity index is 1140. The number of aryl methyl sites for hydroxylation is 2. The molecule has 0 fully saturated rings. The van der Waals surface area contributed by atoms with Crippen LogP contribution in [0.15, 0.2) is 41.8 Å². The zero-order valence-corrected chi connectivity index (χ0v) is 20.3. The summed E-state index contributed by atoms with van der Waals surface area (Å²) < 4.78 is 16.1. The van der Waals surface area contributed by atoms with Gasteiger partial charge in [-0.15, -0.1) is 11.3 Å². The summed E-state index contributed by atoms with van der Waals surface area (Å²) in [7, 11) is 3.16. The summed E-state index contributed by atoms with van der Waals surface area (Å²) in [6, 6.07) is 11.6. The van der Waals surface area contributed by atoms with Crippen LogP contribution in [0.1, 0.15) is 28.4 Å². The number of esters is 1. The van der Waals surface area contributed by atoms with Crippen LogP contribution in [0.25, 0.3) is 11.1 Å². The van der Waals surface area contributed by atoms with Gasteiger partial charge in [-0.3, -0.25) is 0 Å². The normalized spacial score (nSPS) is 10.4. The molecule has 3 aromatic rings. The molecule has 168 valence electrons. The number of thiophene rings is 1. The Balaban J connectivity index is 1.95. The van der Waals surface area contributed by atoms with Gasteiger partial charge in [0.1, 0.15) is 10.6 Å². The van der Waals surface area contributed by atoms with Crippen LogP contribution in [-0.4, -0.2) is 31.9 Å². The number of hydrogen-bond donors (Lipinski definition) is 2. The molecule has 0 aliphatic heterocycles. The van der Waals surface area contributed by atoms with Crippen molar-refractivity contribution in [1.29, 1.82) is 0 Å². The summed E-state index contributed by atoms with van der Waals surface area (Å²) in [5, 5.41) is 9.29. The number of benzene rings is 2. The Labute approximate surface area is 197 Å². The predicted molar refractivity (Wildman–Crippen MR) is 135 cm³/mol. The van der Waals surface area contributed by atoms with Gasteiger partial charge >= 0.3 is 5.97 Å². The molecule has 0 saturated carbocycles. The Hall–Kier alpha value is -3.10. The van der Waals surface area contributed by atoms with Crippen molar-refractivity contribution in [3.63, 3.8) is 0 Å². The molecule has 0 aliphatic carbocycles. The quantitative estimate of drug-likeness (QED) is 0.322. The first kappa shape index (κ1) is 23.6. The minimum atomic E-state index is -0.421. The van der Waals surface area contributed by atoms with Gasteiger partial charge in [0.25, 0.3) is 0 Å². The van der Waals surface area contributed by atoms with Crippen molar-refractivity contribution in [3.05, 3.63) is 58.5 Å². The number of carbonyl (C=O) groups is 1. The smallest absolute Gasteiger partial charge is 0.341 e. The van der Waals surface area contributed by atoms with E-state index < -0.39 is 5.97 Å². The van der Waals surface area contributed by atoms with Crippen LogP contribution in [0.5, 0.6) is 11.5 Å². The topological polar surface area (TPSA) is 68.8 Å². The van der Waals surface area contributed by atoms with Gasteiger partial charge in [0.2, 0.25) is 0 Å². The van der Waals surface area contributed by atoms with Crippen LogP contribution < -0.4 is 20.1 Å². The van der Waals surface area contributed by atoms with Gasteiger partial charge < -0.3 is 24.8 Å². The second kappa shape index (κ2) is 10.5. The van der Waals surface area contributed by atoms with E-state index in [-0.39, 0.29) is 6.61 Å². The molecule has 1 aromatic heterocycles. The fourth-order valence-corrected chi connectivity index (χ4v) is 4.44. The molecule has 0 amide bonds. The number of thiocarbonyl (C=S) groups is 1. The lowest BCUT2D eigenvalue weighted by atomic mass is 10.0. The number of hydrogen-bond acceptors (Lipinski definition) is 6. The van der Waals surface area contributed by atoms with E-state index in [1.165, 1.54) is 11.3 Å². The Morgan fingerprint density at radius 3 is 2.47 bits per heavy atom. The van der Waals surface area contributed by atoms with E-state index in [1.807, 2.05) is 49.6 Å². The lowest BCUT2D eigenvalue weighted by molar-refractivity contribution is 0.0529. The average Bonchev–Trinajstić information content (AvgIpc) is 3.19. The van der Waals surface area contributed by atoms with Gasteiger partial charge in [-0.25, -0.2) is 4.79 Å². The molecule has 3 rings (SSSR count). The molecule has 2 aromatic carbocycles. The van der Waals surface area contributed by atoms with E-state index in [9.17, 15) is 4.79 Å². The molecule has 1 heterocycles. The number of nitrogens with one attached hydrogen (secondary N) is 2. The van der Waals surface area contributed by atoms with E-state index in [4.69, 9.17) is 26.4 Å². The zero-order valence-electron chi connectivity index (χ0n) is 18.7. The molecule has 0 atom stereocenters. The highest BCUT2D eigenvalue weighted by molar-refractivity contribution is 7.80. The molecular weight excluding hydrogens is 444 g/mol. The van der Waals surface area contributed by atoms with Crippen LogP contribution in [0.3, 0.4) is 0 Å². The Morgan fingerprint density at radius 2 is 1.78 bits per heavy atom. The third kappa shape index (κ3) is 5.20. The summed E-state index contributed by atoms with van der Waals surface area (Å²) in [6.45, 7) is 6.08. The Morgan fingerprint density at radius 1 is 1.03 bits per heavy atom. The highest BCUT2D eigenvalue weighted by Crippen LogP contribution is 2.39. The third-order valence-corrected chi connectivity index (χ3v) is 5.93. The second-order valence-electron chi connectivity index (χ2n) is 7.04. The third-order valence-electron chi connectivity index (χ3n) is 4.83. The molecular formula is C24H26N2O4S2. The number of anilines is 2. The van der Waals surface area contributed by atoms with E-state index in [0.717, 1.165) is 27.9 Å². The van der Waals surface area contributed by atoms with Crippen molar-refractivity contribution in [1.82, 2.24) is 0 Å². The standard InChI is InChI=1S/C24H26N2O4S2/c1-6-30-23(27)21-17(16-9-10-19(28-4)20(12-16)29-5)13-32-22(21)26-24(31)25-18-11-14(2)7-8-15(18)3/h7-13H,6H2,1-5H3,(H2,25,26,31). The van der Waals surface area contributed by atoms with Crippen LogP contribution in [0.2, 0.25) is 0 Å². The van der Waals surface area contributed by atoms with Gasteiger partial charge in [-0.2, -0.15) is 0 Å². The van der Waals surface area contributed by atoms with Crippen molar-refractivity contribution in [3.8, 4) is 22.6 Å². The average molecular weight is 471 g/mol. The largest absolute Gasteiger partial charge is 0.493 e. The second-order valence-corrected chi connectivity index (χ2v) is 8.33. The number of methoxy groups -OCH3 is 2. The maximum absolute atomic E-state index is 12.9. The number of ether oxygens (including phenoxy) is 3. The zero-order chi connectivity index (χ0) is 23.3. The van der Waals surface area contributed by atoms with E-state index in [0.29, 0.717) is 27.2 Å². The van der Waals surface area contributed by atoms with Crippen LogP contribution in [0.4, 0.5) is 10.7 Å². The molecule has 6 nitrogen and oxygen atoms in total. The SMILES string of the molecule is CCOC(=O)c1c(-c2ccc(OC)c(OC)c2)csc1NC(=S)Nc1cc(C)ccc1C. The highest BCUT2D eigenvalue weighted by atomic mass is 32.1. The minimum absolute atomic E-state index is 0.269. The summed E-state index contributed by atoms with van der Waals surface area (Å²) in [5.74, 6) is 0.768. The van der Waals surface area contributed by atoms with Crippen molar-refractivity contribution in [2.75, 3.05) is 31.5 Å². The summed E-state index contributed by atoms with van der Waals surface area (Å²) >= 11 is 6.91. The molecule has 0 spiro atoms. The minimum Gasteiger partial charge on any atom is -0.493 e. The van der Waals surface area contributed by atoms with Gasteiger partial charge in [-0.1, -0.05) is 18.2 Å². The fraction of sp³-hybridized carbons (Fsp3) is 0.250. The van der Waals surface area contributed by atoms with Gasteiger partial charge in [0.15, 0.2) is 16.6 Å².